The summed E-state index contributed by atoms with van der Waals surface area (Å²) in [5, 5.41) is 2.75. The molecule has 0 aliphatic rings. The van der Waals surface area contributed by atoms with Gasteiger partial charge in [-0.15, -0.1) is 0 Å². The summed E-state index contributed by atoms with van der Waals surface area (Å²) in [5.41, 5.74) is 2.12. The van der Waals surface area contributed by atoms with E-state index in [-0.39, 0.29) is 5.91 Å². The van der Waals surface area contributed by atoms with E-state index in [4.69, 9.17) is 0 Å². The maximum atomic E-state index is 13.1. The highest BCUT2D eigenvalue weighted by atomic mass is 19.1. The largest absolute Gasteiger partial charge is 0.375 e. The van der Waals surface area contributed by atoms with Crippen molar-refractivity contribution in [2.45, 2.75) is 13.3 Å². The van der Waals surface area contributed by atoms with Crippen LogP contribution in [-0.2, 0) is 6.42 Å². The molecule has 5 heteroatoms. The van der Waals surface area contributed by atoms with Gasteiger partial charge in [0.25, 0.3) is 5.91 Å². The Balaban J connectivity index is 1.89. The van der Waals surface area contributed by atoms with Crippen molar-refractivity contribution in [1.82, 2.24) is 5.32 Å². The molecule has 0 aliphatic heterocycles. The van der Waals surface area contributed by atoms with Crippen LogP contribution in [0.15, 0.2) is 42.5 Å². The molecule has 0 saturated heterocycles. The fraction of sp³-hybridized carbons (Fsp3) is 0.278. The van der Waals surface area contributed by atoms with E-state index < -0.39 is 11.6 Å². The molecule has 23 heavy (non-hydrogen) atoms. The lowest BCUT2D eigenvalue weighted by Crippen LogP contribution is -2.25. The van der Waals surface area contributed by atoms with Crippen LogP contribution in [0.2, 0.25) is 0 Å². The molecule has 3 nitrogen and oxygen atoms in total. The maximum Gasteiger partial charge on any atom is 0.251 e. The zero-order valence-corrected chi connectivity index (χ0v) is 13.3. The summed E-state index contributed by atoms with van der Waals surface area (Å²) in [5.74, 6) is -1.42. The number of amides is 1. The molecule has 0 atom stereocenters. The zero-order chi connectivity index (χ0) is 16.8. The van der Waals surface area contributed by atoms with Gasteiger partial charge in [-0.3, -0.25) is 4.79 Å². The van der Waals surface area contributed by atoms with Gasteiger partial charge in [-0.05, 0) is 55.3 Å². The van der Waals surface area contributed by atoms with E-state index in [1.165, 1.54) is 12.1 Å². The summed E-state index contributed by atoms with van der Waals surface area (Å²) in [7, 11) is 1.98. The van der Waals surface area contributed by atoms with E-state index >= 15 is 0 Å². The molecule has 1 amide bonds. The highest BCUT2D eigenvalue weighted by molar-refractivity contribution is 5.94. The van der Waals surface area contributed by atoms with Gasteiger partial charge in [0.1, 0.15) is 11.6 Å². The molecule has 0 unspecified atom stereocenters. The molecule has 0 spiro atoms. The lowest BCUT2D eigenvalue weighted by molar-refractivity contribution is 0.0954. The van der Waals surface area contributed by atoms with E-state index in [0.29, 0.717) is 24.1 Å². The second-order valence-corrected chi connectivity index (χ2v) is 5.34. The molecule has 0 bridgehead atoms. The average Bonchev–Trinajstić information content (AvgIpc) is 2.53. The minimum Gasteiger partial charge on any atom is -0.375 e. The molecule has 1 N–H and O–H groups in total. The molecule has 122 valence electrons. The second kappa shape index (κ2) is 7.72. The molecule has 0 radical (unpaired) electrons. The summed E-state index contributed by atoms with van der Waals surface area (Å²) >= 11 is 0. The highest BCUT2D eigenvalue weighted by Gasteiger charge is 2.07. The molecule has 2 aromatic rings. The van der Waals surface area contributed by atoms with Gasteiger partial charge in [0.05, 0.1) is 0 Å². The Labute approximate surface area is 134 Å². The number of carbonyl (C=O) groups is 1. The number of carbonyl (C=O) groups excluding carboxylic acids is 1. The molecule has 0 saturated carbocycles. The van der Waals surface area contributed by atoms with Crippen LogP contribution in [0, 0.1) is 11.6 Å². The number of halogens is 2. The summed E-state index contributed by atoms with van der Waals surface area (Å²) in [4.78, 5) is 14.1. The number of anilines is 1. The van der Waals surface area contributed by atoms with E-state index in [1.807, 2.05) is 19.2 Å². The van der Waals surface area contributed by atoms with Gasteiger partial charge in [-0.1, -0.05) is 0 Å². The van der Waals surface area contributed by atoms with Crippen molar-refractivity contribution in [2.24, 2.45) is 0 Å². The standard InChI is InChI=1S/C18H20F2N2O/c1-3-22(2)17-6-4-14(5-7-17)18(23)21-9-8-13-10-15(19)12-16(20)11-13/h4-7,10-12H,3,8-9H2,1-2H3,(H,21,23). The average molecular weight is 318 g/mol. The van der Waals surface area contributed by atoms with Gasteiger partial charge in [0.2, 0.25) is 0 Å². The van der Waals surface area contributed by atoms with Crippen molar-refractivity contribution in [3.8, 4) is 0 Å². The quantitative estimate of drug-likeness (QED) is 0.885. The van der Waals surface area contributed by atoms with Gasteiger partial charge in [-0.25, -0.2) is 8.78 Å². The fourth-order valence-corrected chi connectivity index (χ4v) is 2.23. The smallest absolute Gasteiger partial charge is 0.251 e. The third-order valence-electron chi connectivity index (χ3n) is 3.67. The van der Waals surface area contributed by atoms with Crippen molar-refractivity contribution in [3.63, 3.8) is 0 Å². The van der Waals surface area contributed by atoms with Crippen LogP contribution in [0.1, 0.15) is 22.8 Å². The molecule has 0 aromatic heterocycles. The summed E-state index contributed by atoms with van der Waals surface area (Å²) < 4.78 is 26.2. The van der Waals surface area contributed by atoms with Crippen LogP contribution in [0.4, 0.5) is 14.5 Å². The molecular formula is C18H20F2N2O. The van der Waals surface area contributed by atoms with Crippen molar-refractivity contribution < 1.29 is 13.6 Å². The van der Waals surface area contributed by atoms with Crippen LogP contribution in [0.3, 0.4) is 0 Å². The Morgan fingerprint density at radius 3 is 2.26 bits per heavy atom. The molecule has 0 aliphatic carbocycles. The number of benzene rings is 2. The lowest BCUT2D eigenvalue weighted by atomic mass is 10.1. The van der Waals surface area contributed by atoms with Gasteiger partial charge in [0.15, 0.2) is 0 Å². The Hall–Kier alpha value is -2.43. The van der Waals surface area contributed by atoms with Crippen LogP contribution in [0.25, 0.3) is 0 Å². The highest BCUT2D eigenvalue weighted by Crippen LogP contribution is 2.13. The first-order valence-corrected chi connectivity index (χ1v) is 7.54. The first-order chi connectivity index (χ1) is 11.0. The van der Waals surface area contributed by atoms with Crippen molar-refractivity contribution in [3.05, 3.63) is 65.2 Å². The molecular weight excluding hydrogens is 298 g/mol. The first kappa shape index (κ1) is 16.9. The van der Waals surface area contributed by atoms with Crippen LogP contribution >= 0.6 is 0 Å². The summed E-state index contributed by atoms with van der Waals surface area (Å²) in [6.45, 7) is 3.25. The number of rotatable bonds is 6. The van der Waals surface area contributed by atoms with Gasteiger partial charge >= 0.3 is 0 Å². The van der Waals surface area contributed by atoms with Gasteiger partial charge in [-0.2, -0.15) is 0 Å². The normalized spacial score (nSPS) is 10.4. The third-order valence-corrected chi connectivity index (χ3v) is 3.67. The monoisotopic (exact) mass is 318 g/mol. The number of hydrogen-bond donors (Lipinski definition) is 1. The first-order valence-electron chi connectivity index (χ1n) is 7.54. The predicted octanol–water partition coefficient (Wildman–Crippen LogP) is 3.39. The second-order valence-electron chi connectivity index (χ2n) is 5.34. The van der Waals surface area contributed by atoms with E-state index in [1.54, 1.807) is 12.1 Å². The third kappa shape index (κ3) is 4.77. The molecule has 0 heterocycles. The Bertz CT molecular complexity index is 651. The SMILES string of the molecule is CCN(C)c1ccc(C(=O)NCCc2cc(F)cc(F)c2)cc1. The summed E-state index contributed by atoms with van der Waals surface area (Å²) in [6.07, 6.45) is 0.372. The Kier molecular flexibility index (Phi) is 5.68. The van der Waals surface area contributed by atoms with Crippen molar-refractivity contribution in [2.75, 3.05) is 25.0 Å². The topological polar surface area (TPSA) is 32.3 Å². The predicted molar refractivity (Wildman–Crippen MR) is 87.8 cm³/mol. The molecule has 2 aromatic carbocycles. The number of nitrogens with zero attached hydrogens (tertiary/aromatic N) is 1. The molecule has 0 fully saturated rings. The van der Waals surface area contributed by atoms with Gasteiger partial charge in [0, 0.05) is 37.5 Å². The van der Waals surface area contributed by atoms with Crippen LogP contribution in [0.5, 0.6) is 0 Å². The zero-order valence-electron chi connectivity index (χ0n) is 13.3. The molecule has 2 rings (SSSR count). The maximum absolute atomic E-state index is 13.1. The van der Waals surface area contributed by atoms with Crippen LogP contribution < -0.4 is 10.2 Å². The number of hydrogen-bond acceptors (Lipinski definition) is 2. The minimum atomic E-state index is -0.609. The minimum absolute atomic E-state index is 0.201. The van der Waals surface area contributed by atoms with E-state index in [2.05, 4.69) is 17.1 Å². The Morgan fingerprint density at radius 2 is 1.70 bits per heavy atom. The number of nitrogens with one attached hydrogen (secondary N) is 1. The van der Waals surface area contributed by atoms with Gasteiger partial charge < -0.3 is 10.2 Å². The Morgan fingerprint density at radius 1 is 1.09 bits per heavy atom. The van der Waals surface area contributed by atoms with Crippen molar-refractivity contribution in [1.29, 1.82) is 0 Å². The van der Waals surface area contributed by atoms with E-state index in [9.17, 15) is 13.6 Å². The van der Waals surface area contributed by atoms with Crippen molar-refractivity contribution >= 4 is 11.6 Å². The summed E-state index contributed by atoms with van der Waals surface area (Å²) in [6, 6.07) is 10.7. The lowest BCUT2D eigenvalue weighted by Gasteiger charge is -2.16. The fourth-order valence-electron chi connectivity index (χ4n) is 2.23. The van der Waals surface area contributed by atoms with E-state index in [0.717, 1.165) is 18.3 Å². The van der Waals surface area contributed by atoms with Crippen LogP contribution in [-0.4, -0.2) is 26.0 Å².